The van der Waals surface area contributed by atoms with E-state index in [4.69, 9.17) is 4.74 Å². The van der Waals surface area contributed by atoms with Crippen molar-refractivity contribution in [2.45, 2.75) is 13.8 Å². The van der Waals surface area contributed by atoms with Gasteiger partial charge in [-0.3, -0.25) is 4.90 Å². The predicted octanol–water partition coefficient (Wildman–Crippen LogP) is 0.906. The second kappa shape index (κ2) is 5.10. The normalized spacial score (nSPS) is 24.9. The Kier molecular flexibility index (Phi) is 4.35. The Morgan fingerprint density at radius 1 is 1.21 bits per heavy atom. The molecule has 84 valence electrons. The maximum Gasteiger partial charge on any atom is 0.0589 e. The molecule has 3 nitrogen and oxygen atoms in total. The van der Waals surface area contributed by atoms with Gasteiger partial charge in [0.1, 0.15) is 0 Å². The van der Waals surface area contributed by atoms with E-state index in [9.17, 15) is 0 Å². The van der Waals surface area contributed by atoms with Crippen LogP contribution in [0.15, 0.2) is 0 Å². The number of nitrogens with zero attached hydrogens (tertiary/aromatic N) is 2. The van der Waals surface area contributed by atoms with Gasteiger partial charge in [0.2, 0.25) is 0 Å². The number of ether oxygens (including phenoxy) is 1. The fourth-order valence-corrected chi connectivity index (χ4v) is 2.27. The molecular weight excluding hydrogens is 176 g/mol. The third kappa shape index (κ3) is 3.95. The van der Waals surface area contributed by atoms with Gasteiger partial charge in [-0.2, -0.15) is 0 Å². The van der Waals surface area contributed by atoms with Crippen molar-refractivity contribution in [1.82, 2.24) is 9.80 Å². The average molecular weight is 200 g/mol. The maximum atomic E-state index is 5.13. The summed E-state index contributed by atoms with van der Waals surface area (Å²) in [6.45, 7) is 11.3. The molecule has 0 aromatic heterocycles. The Bertz CT molecular complexity index is 171. The molecule has 0 bridgehead atoms. The molecule has 0 aromatic rings. The highest BCUT2D eigenvalue weighted by Gasteiger charge is 2.26. The first-order valence-corrected chi connectivity index (χ1v) is 5.43. The van der Waals surface area contributed by atoms with E-state index in [0.29, 0.717) is 5.41 Å². The van der Waals surface area contributed by atoms with Crippen LogP contribution in [0.5, 0.6) is 0 Å². The van der Waals surface area contributed by atoms with Crippen LogP contribution in [0.1, 0.15) is 13.8 Å². The Hall–Kier alpha value is -0.120. The van der Waals surface area contributed by atoms with E-state index in [1.165, 1.54) is 26.2 Å². The zero-order valence-corrected chi connectivity index (χ0v) is 10.0. The van der Waals surface area contributed by atoms with Crippen LogP contribution >= 0.6 is 0 Å². The maximum absolute atomic E-state index is 5.13. The molecule has 3 heteroatoms. The Labute approximate surface area is 88.0 Å². The van der Waals surface area contributed by atoms with Crippen LogP contribution in [-0.2, 0) is 4.74 Å². The number of likely N-dealkylation sites (N-methyl/N-ethyl adjacent to an activating group) is 1. The molecule has 1 heterocycles. The molecule has 0 aliphatic carbocycles. The lowest BCUT2D eigenvalue weighted by Crippen LogP contribution is -2.36. The van der Waals surface area contributed by atoms with Crippen LogP contribution in [0, 0.1) is 5.41 Å². The van der Waals surface area contributed by atoms with Gasteiger partial charge in [-0.05, 0) is 12.5 Å². The SMILES string of the molecule is COCCN1CCN(C)CC(C)(C)C1. The standard InChI is InChI=1S/C11H24N2O/c1-11(2)9-12(3)5-6-13(10-11)7-8-14-4/h5-10H2,1-4H3. The summed E-state index contributed by atoms with van der Waals surface area (Å²) in [6, 6.07) is 0. The van der Waals surface area contributed by atoms with E-state index in [1.54, 1.807) is 7.11 Å². The van der Waals surface area contributed by atoms with Gasteiger partial charge in [-0.15, -0.1) is 0 Å². The molecule has 1 aliphatic heterocycles. The van der Waals surface area contributed by atoms with Crippen molar-refractivity contribution in [3.63, 3.8) is 0 Å². The smallest absolute Gasteiger partial charge is 0.0589 e. The summed E-state index contributed by atoms with van der Waals surface area (Å²) < 4.78 is 5.13. The first kappa shape index (κ1) is 12.0. The van der Waals surface area contributed by atoms with Gasteiger partial charge in [-0.25, -0.2) is 0 Å². The van der Waals surface area contributed by atoms with E-state index < -0.39 is 0 Å². The topological polar surface area (TPSA) is 15.7 Å². The zero-order chi connectivity index (χ0) is 10.6. The summed E-state index contributed by atoms with van der Waals surface area (Å²) in [4.78, 5) is 4.93. The zero-order valence-electron chi connectivity index (χ0n) is 10.0. The lowest BCUT2D eigenvalue weighted by atomic mass is 9.93. The second-order valence-corrected chi connectivity index (χ2v) is 5.17. The van der Waals surface area contributed by atoms with E-state index in [2.05, 4.69) is 30.7 Å². The highest BCUT2D eigenvalue weighted by molar-refractivity contribution is 4.81. The molecule has 0 aromatic carbocycles. The van der Waals surface area contributed by atoms with Crippen molar-refractivity contribution in [2.24, 2.45) is 5.41 Å². The molecule has 1 rings (SSSR count). The molecule has 0 N–H and O–H groups in total. The van der Waals surface area contributed by atoms with Gasteiger partial charge in [0, 0.05) is 39.8 Å². The van der Waals surface area contributed by atoms with Crippen LogP contribution in [0.3, 0.4) is 0 Å². The molecular formula is C11H24N2O. The summed E-state index contributed by atoms with van der Waals surface area (Å²) in [5.74, 6) is 0. The highest BCUT2D eigenvalue weighted by atomic mass is 16.5. The summed E-state index contributed by atoms with van der Waals surface area (Å²) in [5.41, 5.74) is 0.402. The lowest BCUT2D eigenvalue weighted by Gasteiger charge is -2.29. The van der Waals surface area contributed by atoms with Crippen molar-refractivity contribution in [3.05, 3.63) is 0 Å². The third-order valence-corrected chi connectivity index (χ3v) is 2.76. The quantitative estimate of drug-likeness (QED) is 0.673. The van der Waals surface area contributed by atoms with Gasteiger partial charge in [0.15, 0.2) is 0 Å². The minimum atomic E-state index is 0.402. The van der Waals surface area contributed by atoms with Gasteiger partial charge >= 0.3 is 0 Å². The van der Waals surface area contributed by atoms with Crippen LogP contribution in [0.2, 0.25) is 0 Å². The fourth-order valence-electron chi connectivity index (χ4n) is 2.27. The third-order valence-electron chi connectivity index (χ3n) is 2.76. The minimum Gasteiger partial charge on any atom is -0.383 e. The second-order valence-electron chi connectivity index (χ2n) is 5.17. The molecule has 0 radical (unpaired) electrons. The molecule has 1 fully saturated rings. The molecule has 0 spiro atoms. The van der Waals surface area contributed by atoms with E-state index in [-0.39, 0.29) is 0 Å². The first-order valence-electron chi connectivity index (χ1n) is 5.43. The van der Waals surface area contributed by atoms with Crippen LogP contribution < -0.4 is 0 Å². The minimum absolute atomic E-state index is 0.402. The van der Waals surface area contributed by atoms with Crippen molar-refractivity contribution in [1.29, 1.82) is 0 Å². The predicted molar refractivity (Wildman–Crippen MR) is 59.6 cm³/mol. The number of hydrogen-bond donors (Lipinski definition) is 0. The Morgan fingerprint density at radius 2 is 1.93 bits per heavy atom. The van der Waals surface area contributed by atoms with Crippen molar-refractivity contribution < 1.29 is 4.74 Å². The number of hydrogen-bond acceptors (Lipinski definition) is 3. The van der Waals surface area contributed by atoms with Crippen molar-refractivity contribution >= 4 is 0 Å². The van der Waals surface area contributed by atoms with Crippen molar-refractivity contribution in [2.75, 3.05) is 53.5 Å². The Balaban J connectivity index is 2.45. The summed E-state index contributed by atoms with van der Waals surface area (Å²) in [5, 5.41) is 0. The molecule has 1 saturated heterocycles. The first-order chi connectivity index (χ1) is 6.53. The van der Waals surface area contributed by atoms with Crippen LogP contribution in [0.4, 0.5) is 0 Å². The van der Waals surface area contributed by atoms with Gasteiger partial charge in [0.05, 0.1) is 6.61 Å². The van der Waals surface area contributed by atoms with E-state index in [0.717, 1.165) is 13.2 Å². The largest absolute Gasteiger partial charge is 0.383 e. The van der Waals surface area contributed by atoms with Crippen LogP contribution in [0.25, 0.3) is 0 Å². The summed E-state index contributed by atoms with van der Waals surface area (Å²) in [7, 11) is 3.98. The molecule has 14 heavy (non-hydrogen) atoms. The monoisotopic (exact) mass is 200 g/mol. The Morgan fingerprint density at radius 3 is 2.57 bits per heavy atom. The lowest BCUT2D eigenvalue weighted by molar-refractivity contribution is 0.130. The van der Waals surface area contributed by atoms with Crippen molar-refractivity contribution in [3.8, 4) is 0 Å². The molecule has 0 unspecified atom stereocenters. The van der Waals surface area contributed by atoms with Gasteiger partial charge < -0.3 is 9.64 Å². The molecule has 0 saturated carbocycles. The van der Waals surface area contributed by atoms with E-state index in [1.807, 2.05) is 0 Å². The van der Waals surface area contributed by atoms with E-state index >= 15 is 0 Å². The molecule has 0 atom stereocenters. The number of methoxy groups -OCH3 is 1. The summed E-state index contributed by atoms with van der Waals surface area (Å²) >= 11 is 0. The average Bonchev–Trinajstić information content (AvgIpc) is 2.20. The number of rotatable bonds is 3. The highest BCUT2D eigenvalue weighted by Crippen LogP contribution is 2.20. The summed E-state index contributed by atoms with van der Waals surface area (Å²) in [6.07, 6.45) is 0. The molecule has 1 aliphatic rings. The van der Waals surface area contributed by atoms with Gasteiger partial charge in [-0.1, -0.05) is 13.8 Å². The molecule has 0 amide bonds. The fraction of sp³-hybridized carbons (Fsp3) is 1.00. The van der Waals surface area contributed by atoms with Crippen LogP contribution in [-0.4, -0.2) is 63.3 Å². The van der Waals surface area contributed by atoms with Gasteiger partial charge in [0.25, 0.3) is 0 Å².